The zero-order valence-electron chi connectivity index (χ0n) is 11.4. The second kappa shape index (κ2) is 4.71. The molecular formula is C12H25BrO2Si. The van der Waals surface area contributed by atoms with Crippen molar-refractivity contribution in [3.8, 4) is 0 Å². The van der Waals surface area contributed by atoms with Crippen molar-refractivity contribution < 1.29 is 8.85 Å². The summed E-state index contributed by atoms with van der Waals surface area (Å²) < 4.78 is 12.6. The molecule has 2 nitrogen and oxygen atoms in total. The molecule has 1 rings (SSSR count). The molecule has 96 valence electrons. The van der Waals surface area contributed by atoms with Gasteiger partial charge in [0.1, 0.15) is 0 Å². The van der Waals surface area contributed by atoms with E-state index < -0.39 is 8.56 Å². The monoisotopic (exact) mass is 308 g/mol. The van der Waals surface area contributed by atoms with Gasteiger partial charge in [0.2, 0.25) is 0 Å². The Balaban J connectivity index is 2.93. The number of alkyl halides is 1. The summed E-state index contributed by atoms with van der Waals surface area (Å²) in [6, 6.07) is 0. The van der Waals surface area contributed by atoms with Crippen LogP contribution in [0.2, 0.25) is 10.1 Å². The number of hydrogen-bond donors (Lipinski definition) is 0. The van der Waals surface area contributed by atoms with Gasteiger partial charge in [-0.1, -0.05) is 57.5 Å². The first kappa shape index (κ1) is 14.7. The fourth-order valence-corrected chi connectivity index (χ4v) is 8.02. The normalized spacial score (nSPS) is 23.4. The summed E-state index contributed by atoms with van der Waals surface area (Å²) >= 11 is 3.50. The van der Waals surface area contributed by atoms with Crippen molar-refractivity contribution in [3.05, 3.63) is 0 Å². The van der Waals surface area contributed by atoms with Crippen LogP contribution < -0.4 is 0 Å². The lowest BCUT2D eigenvalue weighted by molar-refractivity contribution is 0.0409. The van der Waals surface area contributed by atoms with E-state index in [0.717, 1.165) is 18.5 Å². The summed E-state index contributed by atoms with van der Waals surface area (Å²) in [5, 5.41) is 1.19. The van der Waals surface area contributed by atoms with E-state index in [2.05, 4.69) is 57.5 Å². The molecule has 0 aromatic carbocycles. The minimum Gasteiger partial charge on any atom is -0.393 e. The summed E-state index contributed by atoms with van der Waals surface area (Å²) in [6.45, 7) is 15.2. The molecule has 1 fully saturated rings. The van der Waals surface area contributed by atoms with Crippen LogP contribution in [0.4, 0.5) is 0 Å². The predicted molar refractivity (Wildman–Crippen MR) is 74.4 cm³/mol. The highest BCUT2D eigenvalue weighted by Gasteiger charge is 2.59. The molecule has 0 spiro atoms. The topological polar surface area (TPSA) is 18.5 Å². The zero-order valence-corrected chi connectivity index (χ0v) is 14.0. The van der Waals surface area contributed by atoms with Crippen molar-refractivity contribution in [1.82, 2.24) is 0 Å². The van der Waals surface area contributed by atoms with E-state index in [1.54, 1.807) is 0 Å². The number of rotatable bonds is 1. The van der Waals surface area contributed by atoms with Crippen LogP contribution in [-0.2, 0) is 8.85 Å². The first-order chi connectivity index (χ1) is 7.14. The summed E-state index contributed by atoms with van der Waals surface area (Å²) in [5.41, 5.74) is 0. The second-order valence-electron chi connectivity index (χ2n) is 6.76. The van der Waals surface area contributed by atoms with Gasteiger partial charge in [0.15, 0.2) is 0 Å². The molecule has 16 heavy (non-hydrogen) atoms. The van der Waals surface area contributed by atoms with Crippen LogP contribution in [0.3, 0.4) is 0 Å². The van der Waals surface area contributed by atoms with Gasteiger partial charge in [0.05, 0.1) is 0 Å². The molecule has 0 radical (unpaired) electrons. The van der Waals surface area contributed by atoms with Gasteiger partial charge in [-0.25, -0.2) is 0 Å². The lowest BCUT2D eigenvalue weighted by atomic mass is 10.2. The van der Waals surface area contributed by atoms with Gasteiger partial charge in [0.25, 0.3) is 0 Å². The molecule has 0 saturated carbocycles. The van der Waals surface area contributed by atoms with Gasteiger partial charge < -0.3 is 8.85 Å². The van der Waals surface area contributed by atoms with Crippen molar-refractivity contribution in [2.45, 2.75) is 51.6 Å². The standard InChI is InChI=1S/C12H25BrO2Si/c1-11(2,3)16(12(4,5)6)14-8-10(7-13)9-15-16/h10H,7-9H2,1-6H3. The van der Waals surface area contributed by atoms with Gasteiger partial charge in [0, 0.05) is 34.5 Å². The first-order valence-corrected chi connectivity index (χ1v) is 8.92. The highest BCUT2D eigenvalue weighted by atomic mass is 79.9. The van der Waals surface area contributed by atoms with E-state index in [-0.39, 0.29) is 10.1 Å². The third-order valence-electron chi connectivity index (χ3n) is 3.24. The maximum absolute atomic E-state index is 6.28. The molecule has 1 aliphatic heterocycles. The third-order valence-corrected chi connectivity index (χ3v) is 9.25. The quantitative estimate of drug-likeness (QED) is 0.536. The van der Waals surface area contributed by atoms with Gasteiger partial charge in [-0.2, -0.15) is 0 Å². The average molecular weight is 309 g/mol. The molecule has 0 N–H and O–H groups in total. The van der Waals surface area contributed by atoms with Crippen LogP contribution >= 0.6 is 15.9 Å². The van der Waals surface area contributed by atoms with Crippen LogP contribution in [0.1, 0.15) is 41.5 Å². The molecule has 1 aliphatic rings. The molecule has 0 unspecified atom stereocenters. The van der Waals surface area contributed by atoms with E-state index in [4.69, 9.17) is 8.85 Å². The maximum Gasteiger partial charge on any atom is 0.349 e. The Bertz CT molecular complexity index is 218. The Morgan fingerprint density at radius 1 is 1.00 bits per heavy atom. The molecule has 0 aromatic rings. The Kier molecular flexibility index (Phi) is 4.32. The first-order valence-electron chi connectivity index (χ1n) is 5.98. The van der Waals surface area contributed by atoms with Crippen LogP contribution in [0.5, 0.6) is 0 Å². The van der Waals surface area contributed by atoms with E-state index in [1.807, 2.05) is 0 Å². The van der Waals surface area contributed by atoms with Crippen molar-refractivity contribution in [1.29, 1.82) is 0 Å². The Morgan fingerprint density at radius 3 is 1.62 bits per heavy atom. The molecular weight excluding hydrogens is 284 g/mol. The molecule has 0 atom stereocenters. The van der Waals surface area contributed by atoms with Gasteiger partial charge in [-0.3, -0.25) is 0 Å². The zero-order chi connectivity index (χ0) is 12.6. The van der Waals surface area contributed by atoms with E-state index >= 15 is 0 Å². The summed E-state index contributed by atoms with van der Waals surface area (Å²) in [7, 11) is -2.16. The molecule has 0 aromatic heterocycles. The van der Waals surface area contributed by atoms with E-state index in [1.165, 1.54) is 0 Å². The fourth-order valence-electron chi connectivity index (χ4n) is 2.64. The van der Waals surface area contributed by atoms with Gasteiger partial charge >= 0.3 is 8.56 Å². The largest absolute Gasteiger partial charge is 0.393 e. The SMILES string of the molecule is CC(C)(C)[Si]1(C(C)(C)C)OCC(CBr)CO1. The summed E-state index contributed by atoms with van der Waals surface area (Å²) in [5.74, 6) is 0.505. The number of hydrogen-bond acceptors (Lipinski definition) is 2. The summed E-state index contributed by atoms with van der Waals surface area (Å²) in [4.78, 5) is 0. The van der Waals surface area contributed by atoms with Gasteiger partial charge in [-0.15, -0.1) is 0 Å². The molecule has 1 saturated heterocycles. The Labute approximate surface area is 109 Å². The molecule has 1 heterocycles. The smallest absolute Gasteiger partial charge is 0.349 e. The van der Waals surface area contributed by atoms with Crippen LogP contribution in [0.15, 0.2) is 0 Å². The van der Waals surface area contributed by atoms with Crippen molar-refractivity contribution >= 4 is 24.5 Å². The molecule has 0 amide bonds. The highest BCUT2D eigenvalue weighted by molar-refractivity contribution is 9.09. The van der Waals surface area contributed by atoms with Gasteiger partial charge in [-0.05, 0) is 0 Å². The minimum atomic E-state index is -2.16. The van der Waals surface area contributed by atoms with Crippen molar-refractivity contribution in [2.24, 2.45) is 5.92 Å². The van der Waals surface area contributed by atoms with Crippen LogP contribution in [-0.4, -0.2) is 27.1 Å². The highest BCUT2D eigenvalue weighted by Crippen LogP contribution is 2.53. The van der Waals surface area contributed by atoms with E-state index in [9.17, 15) is 0 Å². The molecule has 4 heteroatoms. The summed E-state index contributed by atoms with van der Waals surface area (Å²) in [6.07, 6.45) is 0. The van der Waals surface area contributed by atoms with Crippen LogP contribution in [0.25, 0.3) is 0 Å². The third kappa shape index (κ3) is 2.55. The number of halogens is 1. The molecule has 0 bridgehead atoms. The van der Waals surface area contributed by atoms with Crippen LogP contribution in [0, 0.1) is 5.92 Å². The van der Waals surface area contributed by atoms with Crippen molar-refractivity contribution in [2.75, 3.05) is 18.5 Å². The van der Waals surface area contributed by atoms with Crippen molar-refractivity contribution in [3.63, 3.8) is 0 Å². The maximum atomic E-state index is 6.28. The predicted octanol–water partition coefficient (Wildman–Crippen LogP) is 4.09. The Morgan fingerprint density at radius 2 is 1.38 bits per heavy atom. The average Bonchev–Trinajstić information content (AvgIpc) is 2.14. The van der Waals surface area contributed by atoms with E-state index in [0.29, 0.717) is 5.92 Å². The fraction of sp³-hybridized carbons (Fsp3) is 1.00. The minimum absolute atomic E-state index is 0.114. The second-order valence-corrected chi connectivity index (χ2v) is 12.2. The lowest BCUT2D eigenvalue weighted by Crippen LogP contribution is -2.61. The lowest BCUT2D eigenvalue weighted by Gasteiger charge is -2.52. The Hall–Kier alpha value is 0.617. The molecule has 0 aliphatic carbocycles.